The van der Waals surface area contributed by atoms with Gasteiger partial charge in [-0.05, 0) is 51.9 Å². The van der Waals surface area contributed by atoms with Gasteiger partial charge in [0.1, 0.15) is 5.60 Å². The molecule has 1 fully saturated rings. The molecule has 0 aliphatic heterocycles. The molecule has 1 amide bonds. The van der Waals surface area contributed by atoms with E-state index in [1.165, 1.54) is 19.3 Å². The van der Waals surface area contributed by atoms with Crippen molar-refractivity contribution in [3.63, 3.8) is 0 Å². The summed E-state index contributed by atoms with van der Waals surface area (Å²) in [5.41, 5.74) is -0.441. The van der Waals surface area contributed by atoms with Gasteiger partial charge < -0.3 is 15.4 Å². The van der Waals surface area contributed by atoms with Crippen LogP contribution >= 0.6 is 0 Å². The second-order valence-corrected chi connectivity index (χ2v) is 7.26. The first-order chi connectivity index (χ1) is 9.78. The average Bonchev–Trinajstić information content (AvgIpc) is 2.33. The third-order valence-corrected chi connectivity index (χ3v) is 3.86. The maximum absolute atomic E-state index is 11.4. The average molecular weight is 296 g/mol. The molecule has 122 valence electrons. The Bertz CT molecular complexity index is 347. The summed E-state index contributed by atoms with van der Waals surface area (Å²) in [6, 6.07) is 0.629. The van der Waals surface area contributed by atoms with Gasteiger partial charge in [0.15, 0.2) is 0 Å². The molecule has 21 heavy (non-hydrogen) atoms. The molecular weight excluding hydrogens is 264 g/mol. The van der Waals surface area contributed by atoms with E-state index in [1.807, 2.05) is 26.8 Å². The normalized spacial score (nSPS) is 26.8. The predicted octanol–water partition coefficient (Wildman–Crippen LogP) is 3.48. The van der Waals surface area contributed by atoms with E-state index in [1.54, 1.807) is 0 Å². The zero-order valence-electron chi connectivity index (χ0n) is 14.2. The molecule has 3 atom stereocenters. The quantitative estimate of drug-likeness (QED) is 0.764. The Morgan fingerprint density at radius 2 is 1.86 bits per heavy atom. The van der Waals surface area contributed by atoms with Crippen molar-refractivity contribution in [3.8, 4) is 0 Å². The molecule has 4 heteroatoms. The number of hydrogen-bond donors (Lipinski definition) is 2. The Morgan fingerprint density at radius 3 is 2.48 bits per heavy atom. The molecule has 0 bridgehead atoms. The van der Waals surface area contributed by atoms with E-state index in [0.717, 1.165) is 18.4 Å². The molecule has 1 aliphatic carbocycles. The van der Waals surface area contributed by atoms with Crippen LogP contribution in [0, 0.1) is 11.8 Å². The number of carbonyl (C=O) groups is 1. The number of nitrogens with one attached hydrogen (secondary N) is 2. The number of carbonyl (C=O) groups excluding carboxylic acids is 1. The third-order valence-electron chi connectivity index (χ3n) is 3.86. The highest BCUT2D eigenvalue weighted by atomic mass is 16.6. The summed E-state index contributed by atoms with van der Waals surface area (Å²) in [6.07, 6.45) is 7.59. The fraction of sp³-hybridized carbons (Fsp3) is 0.824. The molecule has 0 heterocycles. The zero-order valence-corrected chi connectivity index (χ0v) is 14.2. The van der Waals surface area contributed by atoms with Crippen LogP contribution in [0.25, 0.3) is 0 Å². The number of hydrogen-bond acceptors (Lipinski definition) is 3. The van der Waals surface area contributed by atoms with Crippen molar-refractivity contribution >= 4 is 6.09 Å². The van der Waals surface area contributed by atoms with Crippen molar-refractivity contribution in [1.29, 1.82) is 0 Å². The van der Waals surface area contributed by atoms with Crippen LogP contribution in [0.1, 0.15) is 53.9 Å². The summed E-state index contributed by atoms with van der Waals surface area (Å²) >= 11 is 0. The van der Waals surface area contributed by atoms with Crippen LogP contribution in [0.3, 0.4) is 0 Å². The topological polar surface area (TPSA) is 50.4 Å². The molecule has 2 N–H and O–H groups in total. The third kappa shape index (κ3) is 8.10. The molecule has 1 aliphatic rings. The molecule has 0 aromatic carbocycles. The van der Waals surface area contributed by atoms with E-state index in [-0.39, 0.29) is 6.09 Å². The van der Waals surface area contributed by atoms with Crippen LogP contribution in [0.4, 0.5) is 4.79 Å². The smallest absolute Gasteiger partial charge is 0.407 e. The van der Waals surface area contributed by atoms with Gasteiger partial charge >= 0.3 is 6.09 Å². The Morgan fingerprint density at radius 1 is 1.19 bits per heavy atom. The lowest BCUT2D eigenvalue weighted by Gasteiger charge is -2.33. The van der Waals surface area contributed by atoms with Crippen molar-refractivity contribution in [2.75, 3.05) is 13.1 Å². The summed E-state index contributed by atoms with van der Waals surface area (Å²) < 4.78 is 5.16. The van der Waals surface area contributed by atoms with E-state index < -0.39 is 5.60 Å². The first-order valence-electron chi connectivity index (χ1n) is 8.13. The Balaban J connectivity index is 2.11. The zero-order chi connectivity index (χ0) is 15.9. The monoisotopic (exact) mass is 296 g/mol. The largest absolute Gasteiger partial charge is 0.444 e. The molecule has 4 nitrogen and oxygen atoms in total. The highest BCUT2D eigenvalue weighted by molar-refractivity contribution is 5.67. The summed E-state index contributed by atoms with van der Waals surface area (Å²) in [5, 5.41) is 6.30. The first kappa shape index (κ1) is 18.0. The van der Waals surface area contributed by atoms with E-state index in [2.05, 4.69) is 30.6 Å². The van der Waals surface area contributed by atoms with Crippen molar-refractivity contribution in [2.45, 2.75) is 65.5 Å². The highest BCUT2D eigenvalue weighted by Crippen LogP contribution is 2.28. The maximum atomic E-state index is 11.4. The van der Waals surface area contributed by atoms with E-state index in [4.69, 9.17) is 4.74 Å². The lowest BCUT2D eigenvalue weighted by Crippen LogP contribution is -2.39. The summed E-state index contributed by atoms with van der Waals surface area (Å²) in [4.78, 5) is 11.4. The molecule has 0 aromatic rings. The Hall–Kier alpha value is -1.03. The first-order valence-corrected chi connectivity index (χ1v) is 8.13. The van der Waals surface area contributed by atoms with Crippen molar-refractivity contribution in [1.82, 2.24) is 10.6 Å². The van der Waals surface area contributed by atoms with E-state index in [0.29, 0.717) is 12.6 Å². The van der Waals surface area contributed by atoms with E-state index >= 15 is 0 Å². The van der Waals surface area contributed by atoms with Gasteiger partial charge in [-0.2, -0.15) is 0 Å². The number of amides is 1. The van der Waals surface area contributed by atoms with Gasteiger partial charge in [-0.1, -0.05) is 26.0 Å². The summed E-state index contributed by atoms with van der Waals surface area (Å²) in [5.74, 6) is 1.62. The number of rotatable bonds is 5. The van der Waals surface area contributed by atoms with Crippen LogP contribution < -0.4 is 10.6 Å². The lowest BCUT2D eigenvalue weighted by molar-refractivity contribution is 0.0534. The van der Waals surface area contributed by atoms with Crippen molar-refractivity contribution in [2.24, 2.45) is 11.8 Å². The van der Waals surface area contributed by atoms with Crippen LogP contribution in [0.15, 0.2) is 12.2 Å². The molecule has 0 spiro atoms. The van der Waals surface area contributed by atoms with Crippen molar-refractivity contribution in [3.05, 3.63) is 12.2 Å². The molecular formula is C17H32N2O2. The van der Waals surface area contributed by atoms with Gasteiger partial charge in [0.25, 0.3) is 0 Å². The van der Waals surface area contributed by atoms with Crippen LogP contribution in [-0.4, -0.2) is 30.8 Å². The van der Waals surface area contributed by atoms with Gasteiger partial charge in [-0.25, -0.2) is 4.79 Å². The van der Waals surface area contributed by atoms with E-state index in [9.17, 15) is 4.79 Å². The SMILES string of the molecule is CC1CCC(NC/C=C/CNC(=O)OC(C)(C)C)C(C)C1. The second kappa shape index (κ2) is 8.42. The van der Waals surface area contributed by atoms with Gasteiger partial charge in [0, 0.05) is 19.1 Å². The van der Waals surface area contributed by atoms with Crippen LogP contribution in [0.2, 0.25) is 0 Å². The minimum atomic E-state index is -0.441. The van der Waals surface area contributed by atoms with Gasteiger partial charge in [0.05, 0.1) is 0 Å². The fourth-order valence-corrected chi connectivity index (χ4v) is 2.81. The van der Waals surface area contributed by atoms with Gasteiger partial charge in [0.2, 0.25) is 0 Å². The highest BCUT2D eigenvalue weighted by Gasteiger charge is 2.24. The van der Waals surface area contributed by atoms with Crippen LogP contribution in [0.5, 0.6) is 0 Å². The maximum Gasteiger partial charge on any atom is 0.407 e. The molecule has 0 radical (unpaired) electrons. The van der Waals surface area contributed by atoms with Crippen LogP contribution in [-0.2, 0) is 4.74 Å². The standard InChI is InChI=1S/C17H32N2O2/c1-13-8-9-15(14(2)12-13)18-10-6-7-11-19-16(20)21-17(3,4)5/h6-7,13-15,18H,8-12H2,1-5H3,(H,19,20)/b7-6+. The predicted molar refractivity (Wildman–Crippen MR) is 87.3 cm³/mol. The Kier molecular flexibility index (Phi) is 7.23. The summed E-state index contributed by atoms with van der Waals surface area (Å²) in [7, 11) is 0. The Labute approximate surface area is 129 Å². The van der Waals surface area contributed by atoms with Gasteiger partial charge in [-0.15, -0.1) is 0 Å². The number of ether oxygens (including phenoxy) is 1. The molecule has 3 unspecified atom stereocenters. The lowest BCUT2D eigenvalue weighted by atomic mass is 9.80. The second-order valence-electron chi connectivity index (χ2n) is 7.26. The minimum Gasteiger partial charge on any atom is -0.444 e. The summed E-state index contributed by atoms with van der Waals surface area (Å²) in [6.45, 7) is 11.6. The molecule has 1 rings (SSSR count). The molecule has 1 saturated carbocycles. The number of alkyl carbamates (subject to hydrolysis) is 1. The van der Waals surface area contributed by atoms with Gasteiger partial charge in [-0.3, -0.25) is 0 Å². The minimum absolute atomic E-state index is 0.366. The molecule has 0 aromatic heterocycles. The molecule has 0 saturated heterocycles. The van der Waals surface area contributed by atoms with Crippen molar-refractivity contribution < 1.29 is 9.53 Å². The fourth-order valence-electron chi connectivity index (χ4n) is 2.81.